The van der Waals surface area contributed by atoms with E-state index in [4.69, 9.17) is 4.74 Å². The number of nitrogens with zero attached hydrogens (tertiary/aromatic N) is 2. The monoisotopic (exact) mass is 264 g/mol. The zero-order valence-corrected chi connectivity index (χ0v) is 10.8. The summed E-state index contributed by atoms with van der Waals surface area (Å²) in [5, 5.41) is 19.9. The van der Waals surface area contributed by atoms with Crippen LogP contribution in [0.2, 0.25) is 0 Å². The molecule has 0 radical (unpaired) electrons. The molecule has 0 aromatic heterocycles. The Morgan fingerprint density at radius 3 is 2.71 bits per heavy atom. The first-order valence-electron chi connectivity index (χ1n) is 5.49. The molecule has 5 nitrogen and oxygen atoms in total. The summed E-state index contributed by atoms with van der Waals surface area (Å²) in [5.41, 5.74) is -0.467. The van der Waals surface area contributed by atoms with Crippen LogP contribution >= 0.6 is 11.8 Å². The third-order valence-corrected chi connectivity index (χ3v) is 4.20. The van der Waals surface area contributed by atoms with Crippen molar-refractivity contribution in [3.8, 4) is 0 Å². The van der Waals surface area contributed by atoms with Gasteiger partial charge in [-0.2, -0.15) is 0 Å². The molecular weight excluding hydrogens is 247 g/mol. The van der Waals surface area contributed by atoms with Gasteiger partial charge >= 0.3 is 0 Å². The van der Waals surface area contributed by atoms with E-state index in [1.165, 1.54) is 18.7 Å². The number of amidine groups is 1. The minimum absolute atomic E-state index is 0.467. The quantitative estimate of drug-likeness (QED) is 0.688. The number of halogens is 1. The highest BCUT2D eigenvalue weighted by Crippen LogP contribution is 2.38. The molecule has 2 N–H and O–H groups in total. The minimum Gasteiger partial charge on any atom is -0.391 e. The number of aliphatic hydroxyl groups excluding tert-OH is 2. The van der Waals surface area contributed by atoms with Crippen LogP contribution in [0.5, 0.6) is 0 Å². The van der Waals surface area contributed by atoms with Gasteiger partial charge in [0.1, 0.15) is 23.7 Å². The first-order chi connectivity index (χ1) is 7.91. The largest absolute Gasteiger partial charge is 0.391 e. The molecule has 7 heteroatoms. The molecule has 2 aliphatic heterocycles. The molecule has 17 heavy (non-hydrogen) atoms. The van der Waals surface area contributed by atoms with Gasteiger partial charge in [0.05, 0.1) is 6.10 Å². The first kappa shape index (κ1) is 13.1. The fourth-order valence-corrected chi connectivity index (χ4v) is 3.10. The van der Waals surface area contributed by atoms with Crippen molar-refractivity contribution < 1.29 is 19.3 Å². The fourth-order valence-electron chi connectivity index (χ4n) is 1.96. The number of ether oxygens (including phenoxy) is 1. The van der Waals surface area contributed by atoms with Crippen molar-refractivity contribution in [3.63, 3.8) is 0 Å². The maximum Gasteiger partial charge on any atom is 0.161 e. The van der Waals surface area contributed by atoms with Gasteiger partial charge in [-0.1, -0.05) is 11.8 Å². The highest BCUT2D eigenvalue weighted by molar-refractivity contribution is 8.14. The van der Waals surface area contributed by atoms with Crippen molar-refractivity contribution in [2.75, 3.05) is 14.1 Å². The van der Waals surface area contributed by atoms with Crippen molar-refractivity contribution in [1.82, 2.24) is 4.90 Å². The molecule has 1 saturated heterocycles. The van der Waals surface area contributed by atoms with Crippen molar-refractivity contribution in [2.24, 2.45) is 4.99 Å². The molecule has 0 unspecified atom stereocenters. The van der Waals surface area contributed by atoms with Crippen molar-refractivity contribution in [3.05, 3.63) is 0 Å². The third-order valence-electron chi connectivity index (χ3n) is 2.90. The van der Waals surface area contributed by atoms with E-state index < -0.39 is 36.0 Å². The highest BCUT2D eigenvalue weighted by Gasteiger charge is 2.50. The second kappa shape index (κ2) is 4.72. The molecule has 2 heterocycles. The lowest BCUT2D eigenvalue weighted by molar-refractivity contribution is -0.165. The van der Waals surface area contributed by atoms with E-state index in [0.717, 1.165) is 0 Å². The summed E-state index contributed by atoms with van der Waals surface area (Å²) in [6.07, 6.45) is -4.64. The van der Waals surface area contributed by atoms with Crippen LogP contribution in [0.25, 0.3) is 0 Å². The van der Waals surface area contributed by atoms with E-state index in [1.807, 2.05) is 14.1 Å². The average molecular weight is 264 g/mol. The lowest BCUT2D eigenvalue weighted by Crippen LogP contribution is -2.56. The Morgan fingerprint density at radius 2 is 2.18 bits per heavy atom. The Bertz CT molecular complexity index is 327. The van der Waals surface area contributed by atoms with Gasteiger partial charge in [-0.05, 0) is 6.92 Å². The Balaban J connectivity index is 2.15. The predicted molar refractivity (Wildman–Crippen MR) is 63.7 cm³/mol. The summed E-state index contributed by atoms with van der Waals surface area (Å²) in [4.78, 5) is 5.98. The second-order valence-corrected chi connectivity index (χ2v) is 5.62. The summed E-state index contributed by atoms with van der Waals surface area (Å²) >= 11 is 1.32. The minimum atomic E-state index is -1.50. The van der Waals surface area contributed by atoms with Crippen LogP contribution < -0.4 is 0 Å². The number of aliphatic imine (C=N–C) groups is 1. The molecule has 2 aliphatic rings. The third kappa shape index (κ3) is 2.29. The lowest BCUT2D eigenvalue weighted by Gasteiger charge is -2.38. The summed E-state index contributed by atoms with van der Waals surface area (Å²) in [5.74, 6) is 0. The van der Waals surface area contributed by atoms with Crippen LogP contribution in [0, 0.1) is 0 Å². The Hall–Kier alpha value is -0.370. The van der Waals surface area contributed by atoms with Crippen molar-refractivity contribution >= 4 is 16.9 Å². The summed E-state index contributed by atoms with van der Waals surface area (Å²) in [6, 6.07) is -0.692. The Kier molecular flexibility index (Phi) is 3.63. The van der Waals surface area contributed by atoms with Crippen LogP contribution in [-0.2, 0) is 4.74 Å². The number of fused-ring (bicyclic) bond motifs is 1. The van der Waals surface area contributed by atoms with Crippen LogP contribution in [-0.4, -0.2) is 70.3 Å². The van der Waals surface area contributed by atoms with Gasteiger partial charge in [0, 0.05) is 14.1 Å². The first-order valence-corrected chi connectivity index (χ1v) is 6.37. The summed E-state index contributed by atoms with van der Waals surface area (Å²) in [6.45, 7) is 1.48. The molecule has 0 saturated carbocycles. The fraction of sp³-hybridized carbons (Fsp3) is 0.900. The normalized spacial score (nSPS) is 42.9. The predicted octanol–water partition coefficient (Wildman–Crippen LogP) is -0.176. The molecule has 0 aromatic rings. The van der Waals surface area contributed by atoms with Crippen LogP contribution in [0.1, 0.15) is 6.92 Å². The second-order valence-electron chi connectivity index (χ2n) is 4.56. The van der Waals surface area contributed by atoms with E-state index in [2.05, 4.69) is 4.99 Å². The van der Waals surface area contributed by atoms with Gasteiger partial charge in [0.15, 0.2) is 11.3 Å². The molecule has 0 aliphatic carbocycles. The van der Waals surface area contributed by atoms with Gasteiger partial charge in [-0.15, -0.1) is 0 Å². The number of hydrogen-bond donors (Lipinski definition) is 2. The van der Waals surface area contributed by atoms with Gasteiger partial charge in [0.2, 0.25) is 0 Å². The Labute approximate surface area is 104 Å². The highest BCUT2D eigenvalue weighted by atomic mass is 32.2. The number of hydrogen-bond acceptors (Lipinski definition) is 6. The zero-order chi connectivity index (χ0) is 12.7. The molecular formula is C10H17FN2O3S. The molecule has 0 bridgehead atoms. The molecule has 98 valence electrons. The average Bonchev–Trinajstić information content (AvgIpc) is 2.67. The van der Waals surface area contributed by atoms with Crippen LogP contribution in [0.3, 0.4) is 0 Å². The summed E-state index contributed by atoms with van der Waals surface area (Å²) < 4.78 is 19.5. The van der Waals surface area contributed by atoms with Crippen LogP contribution in [0.15, 0.2) is 4.99 Å². The number of thioether (sulfide) groups is 1. The molecule has 0 aromatic carbocycles. The van der Waals surface area contributed by atoms with Crippen LogP contribution in [0.4, 0.5) is 4.39 Å². The van der Waals surface area contributed by atoms with E-state index in [-0.39, 0.29) is 0 Å². The topological polar surface area (TPSA) is 65.3 Å². The van der Waals surface area contributed by atoms with E-state index in [1.54, 1.807) is 4.90 Å². The van der Waals surface area contributed by atoms with Crippen molar-refractivity contribution in [2.45, 2.75) is 42.9 Å². The number of alkyl halides is 1. The van der Waals surface area contributed by atoms with Gasteiger partial charge in [-0.25, -0.2) is 4.39 Å². The maximum atomic E-state index is 14.0. The summed E-state index contributed by atoms with van der Waals surface area (Å²) in [7, 11) is 3.64. The molecule has 6 atom stereocenters. The standard InChI is InChI=1S/C10H17FN2O3S/c1-4(14)8-7(15)5(11)6-9(16-8)17-10(12-6)13(2)3/h4-9,14-15H,1-3H3/t4-,5-,6-,7+,8-,9-/m1/s1. The molecule has 0 spiro atoms. The van der Waals surface area contributed by atoms with E-state index >= 15 is 0 Å². The van der Waals surface area contributed by atoms with Gasteiger partial charge in [-0.3, -0.25) is 4.99 Å². The van der Waals surface area contributed by atoms with E-state index in [0.29, 0.717) is 5.17 Å². The number of rotatable bonds is 1. The number of aliphatic hydroxyl groups is 2. The smallest absolute Gasteiger partial charge is 0.161 e. The molecule has 0 amide bonds. The van der Waals surface area contributed by atoms with Crippen molar-refractivity contribution in [1.29, 1.82) is 0 Å². The lowest BCUT2D eigenvalue weighted by atomic mass is 9.97. The van der Waals surface area contributed by atoms with Gasteiger partial charge in [0.25, 0.3) is 0 Å². The van der Waals surface area contributed by atoms with Gasteiger partial charge < -0.3 is 19.8 Å². The Morgan fingerprint density at radius 1 is 1.53 bits per heavy atom. The zero-order valence-electron chi connectivity index (χ0n) is 9.95. The SMILES string of the molecule is C[C@@H](O)[C@H]1O[C@@H]2SC(N(C)C)=N[C@@H]2[C@@H](F)[C@@H]1O. The molecule has 2 rings (SSSR count). The van der Waals surface area contributed by atoms with E-state index in [9.17, 15) is 14.6 Å². The maximum absolute atomic E-state index is 14.0. The molecule has 1 fully saturated rings.